The van der Waals surface area contributed by atoms with Crippen LogP contribution in [0.5, 0.6) is 0 Å². The van der Waals surface area contributed by atoms with E-state index in [-0.39, 0.29) is 24.8 Å². The van der Waals surface area contributed by atoms with Gasteiger partial charge in [-0.15, -0.1) is 5.92 Å². The van der Waals surface area contributed by atoms with Crippen LogP contribution < -0.4 is 5.32 Å². The molecule has 0 aromatic carbocycles. The van der Waals surface area contributed by atoms with E-state index in [4.69, 9.17) is 9.90 Å². The Labute approximate surface area is 149 Å². The molecule has 2 rings (SSSR count). The monoisotopic (exact) mass is 351 g/mol. The zero-order chi connectivity index (χ0) is 18.5. The third-order valence-corrected chi connectivity index (χ3v) is 4.41. The van der Waals surface area contributed by atoms with Gasteiger partial charge in [0.05, 0.1) is 13.1 Å². The summed E-state index contributed by atoms with van der Waals surface area (Å²) in [4.78, 5) is 35.8. The number of nitrogens with zero attached hydrogens (tertiary/aromatic N) is 2. The molecule has 7 nitrogen and oxygen atoms in total. The Morgan fingerprint density at radius 3 is 2.56 bits per heavy atom. The molecule has 2 N–H and O–H groups in total. The van der Waals surface area contributed by atoms with Crippen molar-refractivity contribution >= 4 is 18.3 Å². The lowest BCUT2D eigenvalue weighted by atomic mass is 9.97. The molecule has 0 aliphatic carbocycles. The number of carboxylic acid groups (broad SMARTS) is 1. The molecule has 140 valence electrons. The summed E-state index contributed by atoms with van der Waals surface area (Å²) < 4.78 is 0. The molecule has 0 aromatic heterocycles. The van der Waals surface area contributed by atoms with E-state index < -0.39 is 0 Å². The highest BCUT2D eigenvalue weighted by Gasteiger charge is 2.23. The fourth-order valence-corrected chi connectivity index (χ4v) is 3.00. The van der Waals surface area contributed by atoms with Gasteiger partial charge in [-0.05, 0) is 38.3 Å². The van der Waals surface area contributed by atoms with E-state index in [1.54, 1.807) is 4.90 Å². The lowest BCUT2D eigenvalue weighted by Crippen LogP contribution is -2.42. The maximum Gasteiger partial charge on any atom is 0.290 e. The van der Waals surface area contributed by atoms with Crippen LogP contribution in [0.25, 0.3) is 0 Å². The van der Waals surface area contributed by atoms with Gasteiger partial charge in [0.1, 0.15) is 0 Å². The lowest BCUT2D eigenvalue weighted by Gasteiger charge is -2.30. The summed E-state index contributed by atoms with van der Waals surface area (Å²) in [6, 6.07) is 0. The predicted molar refractivity (Wildman–Crippen MR) is 94.7 cm³/mol. The summed E-state index contributed by atoms with van der Waals surface area (Å²) in [5.41, 5.74) is 0. The molecule has 2 aliphatic rings. The van der Waals surface area contributed by atoms with Gasteiger partial charge in [-0.1, -0.05) is 12.8 Å². The van der Waals surface area contributed by atoms with Crippen LogP contribution in [-0.4, -0.2) is 72.5 Å². The average molecular weight is 351 g/mol. The Kier molecular flexibility index (Phi) is 10.3. The second kappa shape index (κ2) is 12.3. The normalized spacial score (nSPS) is 18.0. The number of hydrogen-bond acceptors (Lipinski definition) is 4. The molecule has 25 heavy (non-hydrogen) atoms. The molecule has 2 aliphatic heterocycles. The summed E-state index contributed by atoms with van der Waals surface area (Å²) in [5, 5.41) is 9.88. The molecule has 0 unspecified atom stereocenters. The summed E-state index contributed by atoms with van der Waals surface area (Å²) in [6.07, 6.45) is 4.60. The Morgan fingerprint density at radius 1 is 1.32 bits per heavy atom. The van der Waals surface area contributed by atoms with Crippen molar-refractivity contribution in [3.8, 4) is 11.8 Å². The summed E-state index contributed by atoms with van der Waals surface area (Å²) >= 11 is 0. The predicted octanol–water partition coefficient (Wildman–Crippen LogP) is 0.551. The van der Waals surface area contributed by atoms with Crippen LogP contribution in [0.15, 0.2) is 0 Å². The van der Waals surface area contributed by atoms with E-state index >= 15 is 0 Å². The number of piperidine rings is 1. The molecule has 0 aromatic rings. The van der Waals surface area contributed by atoms with Crippen molar-refractivity contribution in [2.24, 2.45) is 5.92 Å². The van der Waals surface area contributed by atoms with Crippen molar-refractivity contribution in [2.75, 3.05) is 39.3 Å². The molecular formula is C18H29N3O4. The number of carbonyl (C=O) groups excluding carboxylic acids is 2. The highest BCUT2D eigenvalue weighted by atomic mass is 16.3. The second-order valence-electron chi connectivity index (χ2n) is 6.25. The minimum Gasteiger partial charge on any atom is -0.483 e. The fourth-order valence-electron chi connectivity index (χ4n) is 3.00. The standard InChI is InChI=1S/C17H27N3O2.CH2O2/c1-2-3-4-9-19-11-7-15(8-12-19)13-18-16(21)14-20-10-5-6-17(20)22;2-1-3/h15H,2,5-14H2,1H3,(H,18,21);1H,(H,2,3). The largest absolute Gasteiger partial charge is 0.483 e. The van der Waals surface area contributed by atoms with Crippen LogP contribution in [0, 0.1) is 17.8 Å². The van der Waals surface area contributed by atoms with Crippen LogP contribution in [0.3, 0.4) is 0 Å². The first kappa shape index (κ1) is 21.0. The Morgan fingerprint density at radius 2 is 2.00 bits per heavy atom. The number of rotatable bonds is 5. The quantitative estimate of drug-likeness (QED) is 0.558. The fraction of sp³-hybridized carbons (Fsp3) is 0.722. The minimum atomic E-state index is -0.250. The molecule has 2 fully saturated rings. The lowest BCUT2D eigenvalue weighted by molar-refractivity contribution is -0.133. The van der Waals surface area contributed by atoms with E-state index in [2.05, 4.69) is 29.0 Å². The van der Waals surface area contributed by atoms with Crippen molar-refractivity contribution in [2.45, 2.75) is 39.0 Å². The maximum atomic E-state index is 11.9. The van der Waals surface area contributed by atoms with Gasteiger partial charge in [-0.3, -0.25) is 19.3 Å². The first-order valence-electron chi connectivity index (χ1n) is 8.91. The number of amides is 2. The van der Waals surface area contributed by atoms with Gasteiger partial charge in [0.15, 0.2) is 0 Å². The van der Waals surface area contributed by atoms with Crippen molar-refractivity contribution in [1.29, 1.82) is 0 Å². The topological polar surface area (TPSA) is 90.0 Å². The minimum absolute atomic E-state index is 0.0218. The number of likely N-dealkylation sites (tertiary alicyclic amines) is 2. The summed E-state index contributed by atoms with van der Waals surface area (Å²) in [7, 11) is 0. The molecule has 2 heterocycles. The highest BCUT2D eigenvalue weighted by Crippen LogP contribution is 2.16. The molecule has 7 heteroatoms. The summed E-state index contributed by atoms with van der Waals surface area (Å²) in [6.45, 7) is 6.48. The molecule has 2 amide bonds. The zero-order valence-corrected chi connectivity index (χ0v) is 15.0. The molecule has 0 radical (unpaired) electrons. The molecule has 0 bridgehead atoms. The number of nitrogens with one attached hydrogen (secondary N) is 1. The SMILES string of the molecule is CCC#CCN1CCC(CNC(=O)CN2CCCC2=O)CC1.O=CO. The Hall–Kier alpha value is -2.07. The maximum absolute atomic E-state index is 11.9. The number of hydrogen-bond donors (Lipinski definition) is 2. The third kappa shape index (κ3) is 8.54. The number of carbonyl (C=O) groups is 3. The third-order valence-electron chi connectivity index (χ3n) is 4.41. The van der Waals surface area contributed by atoms with E-state index in [1.165, 1.54) is 0 Å². The van der Waals surface area contributed by atoms with Gasteiger partial charge >= 0.3 is 0 Å². The van der Waals surface area contributed by atoms with Gasteiger partial charge in [-0.25, -0.2) is 0 Å². The van der Waals surface area contributed by atoms with Gasteiger partial charge in [0, 0.05) is 25.9 Å². The first-order valence-corrected chi connectivity index (χ1v) is 8.91. The van der Waals surface area contributed by atoms with Gasteiger partial charge < -0.3 is 15.3 Å². The first-order chi connectivity index (χ1) is 12.1. The Balaban J connectivity index is 0.000000970. The highest BCUT2D eigenvalue weighted by molar-refractivity contribution is 5.85. The molecule has 0 spiro atoms. The van der Waals surface area contributed by atoms with Crippen molar-refractivity contribution in [3.63, 3.8) is 0 Å². The summed E-state index contributed by atoms with van der Waals surface area (Å²) in [5.74, 6) is 6.92. The van der Waals surface area contributed by atoms with E-state index in [0.717, 1.165) is 58.4 Å². The molecule has 0 atom stereocenters. The van der Waals surface area contributed by atoms with Crippen LogP contribution in [-0.2, 0) is 14.4 Å². The molecular weight excluding hydrogens is 322 g/mol. The molecule has 0 saturated carbocycles. The van der Waals surface area contributed by atoms with Gasteiger partial charge in [0.25, 0.3) is 6.47 Å². The van der Waals surface area contributed by atoms with Crippen LogP contribution in [0.2, 0.25) is 0 Å². The van der Waals surface area contributed by atoms with Crippen molar-refractivity contribution in [1.82, 2.24) is 15.1 Å². The average Bonchev–Trinajstić information content (AvgIpc) is 3.00. The van der Waals surface area contributed by atoms with E-state index in [9.17, 15) is 9.59 Å². The van der Waals surface area contributed by atoms with Gasteiger partial charge in [0.2, 0.25) is 11.8 Å². The second-order valence-corrected chi connectivity index (χ2v) is 6.25. The van der Waals surface area contributed by atoms with Gasteiger partial charge in [-0.2, -0.15) is 0 Å². The van der Waals surface area contributed by atoms with Crippen LogP contribution >= 0.6 is 0 Å². The van der Waals surface area contributed by atoms with E-state index in [0.29, 0.717) is 12.3 Å². The zero-order valence-electron chi connectivity index (χ0n) is 15.0. The van der Waals surface area contributed by atoms with Crippen LogP contribution in [0.4, 0.5) is 0 Å². The van der Waals surface area contributed by atoms with Crippen molar-refractivity contribution < 1.29 is 19.5 Å². The van der Waals surface area contributed by atoms with Crippen molar-refractivity contribution in [3.05, 3.63) is 0 Å². The Bertz CT molecular complexity index is 490. The van der Waals surface area contributed by atoms with E-state index in [1.807, 2.05) is 0 Å². The molecule has 2 saturated heterocycles. The smallest absolute Gasteiger partial charge is 0.290 e. The van der Waals surface area contributed by atoms with Crippen LogP contribution in [0.1, 0.15) is 39.0 Å².